The van der Waals surface area contributed by atoms with Crippen LogP contribution in [-0.4, -0.2) is 39.0 Å². The van der Waals surface area contributed by atoms with Crippen LogP contribution in [0.1, 0.15) is 41.0 Å². The molecule has 1 saturated heterocycles. The molecular formula is C14H29NO2. The van der Waals surface area contributed by atoms with E-state index in [1.54, 1.807) is 0 Å². The van der Waals surface area contributed by atoms with Crippen LogP contribution in [0.5, 0.6) is 0 Å². The molecule has 0 spiro atoms. The lowest BCUT2D eigenvalue weighted by Crippen LogP contribution is -2.40. The highest BCUT2D eigenvalue weighted by molar-refractivity contribution is 4.78. The Morgan fingerprint density at radius 1 is 1.00 bits per heavy atom. The fourth-order valence-electron chi connectivity index (χ4n) is 2.36. The SMILES string of the molecule is CC1CC(C)(C)CNCC(C)(C)COCCO1. The summed E-state index contributed by atoms with van der Waals surface area (Å²) in [5.74, 6) is 0. The molecule has 0 aromatic rings. The smallest absolute Gasteiger partial charge is 0.0704 e. The first kappa shape index (κ1) is 14.9. The molecule has 1 rings (SSSR count). The molecule has 0 radical (unpaired) electrons. The van der Waals surface area contributed by atoms with Crippen LogP contribution in [0, 0.1) is 10.8 Å². The maximum Gasteiger partial charge on any atom is 0.0704 e. The molecule has 1 N–H and O–H groups in total. The lowest BCUT2D eigenvalue weighted by atomic mass is 9.86. The van der Waals surface area contributed by atoms with Gasteiger partial charge in [0.15, 0.2) is 0 Å². The van der Waals surface area contributed by atoms with Gasteiger partial charge in [0.2, 0.25) is 0 Å². The zero-order valence-electron chi connectivity index (χ0n) is 12.1. The third kappa shape index (κ3) is 6.39. The Hall–Kier alpha value is -0.120. The first-order valence-corrected chi connectivity index (χ1v) is 6.71. The standard InChI is InChI=1S/C14H29NO2/c1-12-8-13(2,3)9-15-10-14(4,5)11-16-6-7-17-12/h12,15H,6-11H2,1-5H3. The molecule has 1 aliphatic rings. The van der Waals surface area contributed by atoms with Crippen LogP contribution >= 0.6 is 0 Å². The Kier molecular flexibility index (Phi) is 5.42. The first-order chi connectivity index (χ1) is 7.81. The average molecular weight is 243 g/mol. The Morgan fingerprint density at radius 3 is 2.35 bits per heavy atom. The van der Waals surface area contributed by atoms with E-state index in [2.05, 4.69) is 39.9 Å². The van der Waals surface area contributed by atoms with Gasteiger partial charge >= 0.3 is 0 Å². The number of hydrogen-bond acceptors (Lipinski definition) is 3. The topological polar surface area (TPSA) is 30.5 Å². The highest BCUT2D eigenvalue weighted by atomic mass is 16.5. The number of nitrogens with one attached hydrogen (secondary N) is 1. The normalized spacial score (nSPS) is 31.2. The van der Waals surface area contributed by atoms with Gasteiger partial charge in [0.05, 0.1) is 25.9 Å². The number of hydrogen-bond donors (Lipinski definition) is 1. The van der Waals surface area contributed by atoms with E-state index in [4.69, 9.17) is 9.47 Å². The minimum atomic E-state index is 0.195. The van der Waals surface area contributed by atoms with Crippen molar-refractivity contribution in [2.75, 3.05) is 32.9 Å². The van der Waals surface area contributed by atoms with Gasteiger partial charge in [0.25, 0.3) is 0 Å². The predicted molar refractivity (Wildman–Crippen MR) is 71.3 cm³/mol. The number of ether oxygens (including phenoxy) is 2. The summed E-state index contributed by atoms with van der Waals surface area (Å²) in [6, 6.07) is 0. The Balaban J connectivity index is 2.53. The molecule has 3 heteroatoms. The first-order valence-electron chi connectivity index (χ1n) is 6.71. The summed E-state index contributed by atoms with van der Waals surface area (Å²) in [5.41, 5.74) is 0.483. The van der Waals surface area contributed by atoms with Gasteiger partial charge in [-0.3, -0.25) is 0 Å². The van der Waals surface area contributed by atoms with E-state index < -0.39 is 0 Å². The third-order valence-electron chi connectivity index (χ3n) is 3.17. The van der Waals surface area contributed by atoms with E-state index in [-0.39, 0.29) is 10.8 Å². The average Bonchev–Trinajstić information content (AvgIpc) is 2.13. The summed E-state index contributed by atoms with van der Waals surface area (Å²) < 4.78 is 11.4. The van der Waals surface area contributed by atoms with Crippen molar-refractivity contribution in [3.63, 3.8) is 0 Å². The molecule has 1 fully saturated rings. The summed E-state index contributed by atoms with van der Waals surface area (Å²) in [6.45, 7) is 15.5. The van der Waals surface area contributed by atoms with Gasteiger partial charge in [-0.05, 0) is 18.8 Å². The maximum absolute atomic E-state index is 5.77. The fraction of sp³-hybridized carbons (Fsp3) is 1.00. The monoisotopic (exact) mass is 243 g/mol. The molecule has 0 aliphatic carbocycles. The molecule has 1 atom stereocenters. The van der Waals surface area contributed by atoms with Crippen LogP contribution in [0.15, 0.2) is 0 Å². The zero-order valence-corrected chi connectivity index (χ0v) is 12.1. The highest BCUT2D eigenvalue weighted by Gasteiger charge is 2.24. The molecule has 0 bridgehead atoms. The fourth-order valence-corrected chi connectivity index (χ4v) is 2.36. The number of rotatable bonds is 0. The molecule has 102 valence electrons. The van der Waals surface area contributed by atoms with Gasteiger partial charge in [-0.15, -0.1) is 0 Å². The van der Waals surface area contributed by atoms with Crippen molar-refractivity contribution >= 4 is 0 Å². The van der Waals surface area contributed by atoms with Crippen LogP contribution < -0.4 is 5.32 Å². The zero-order chi connectivity index (χ0) is 12.9. The van der Waals surface area contributed by atoms with Crippen LogP contribution in [0.3, 0.4) is 0 Å². The van der Waals surface area contributed by atoms with Gasteiger partial charge < -0.3 is 14.8 Å². The molecule has 0 saturated carbocycles. The lowest BCUT2D eigenvalue weighted by Gasteiger charge is -2.32. The maximum atomic E-state index is 5.77. The molecule has 1 unspecified atom stereocenters. The van der Waals surface area contributed by atoms with Gasteiger partial charge in [-0.2, -0.15) is 0 Å². The van der Waals surface area contributed by atoms with Crippen molar-refractivity contribution in [1.29, 1.82) is 0 Å². The molecular weight excluding hydrogens is 214 g/mol. The van der Waals surface area contributed by atoms with Crippen molar-refractivity contribution in [3.8, 4) is 0 Å². The van der Waals surface area contributed by atoms with Crippen molar-refractivity contribution in [2.45, 2.75) is 47.1 Å². The predicted octanol–water partition coefficient (Wildman–Crippen LogP) is 2.45. The van der Waals surface area contributed by atoms with Crippen LogP contribution in [0.25, 0.3) is 0 Å². The minimum Gasteiger partial charge on any atom is -0.378 e. The van der Waals surface area contributed by atoms with Gasteiger partial charge in [0.1, 0.15) is 0 Å². The second-order valence-corrected chi connectivity index (χ2v) is 6.87. The van der Waals surface area contributed by atoms with Crippen LogP contribution in [-0.2, 0) is 9.47 Å². The Morgan fingerprint density at radius 2 is 1.65 bits per heavy atom. The summed E-state index contributed by atoms with van der Waals surface area (Å²) in [6.07, 6.45) is 1.39. The molecule has 17 heavy (non-hydrogen) atoms. The quantitative estimate of drug-likeness (QED) is 0.709. The van der Waals surface area contributed by atoms with Gasteiger partial charge in [0, 0.05) is 18.5 Å². The van der Waals surface area contributed by atoms with E-state index in [1.165, 1.54) is 0 Å². The van der Waals surface area contributed by atoms with Crippen molar-refractivity contribution < 1.29 is 9.47 Å². The molecule has 1 aliphatic heterocycles. The minimum absolute atomic E-state index is 0.195. The third-order valence-corrected chi connectivity index (χ3v) is 3.17. The molecule has 3 nitrogen and oxygen atoms in total. The second-order valence-electron chi connectivity index (χ2n) is 6.87. The van der Waals surface area contributed by atoms with Crippen molar-refractivity contribution in [1.82, 2.24) is 5.32 Å². The van der Waals surface area contributed by atoms with Gasteiger partial charge in [-0.25, -0.2) is 0 Å². The lowest BCUT2D eigenvalue weighted by molar-refractivity contribution is -0.0255. The van der Waals surface area contributed by atoms with E-state index >= 15 is 0 Å². The van der Waals surface area contributed by atoms with E-state index in [0.717, 1.165) is 26.1 Å². The van der Waals surface area contributed by atoms with Crippen LogP contribution in [0.2, 0.25) is 0 Å². The molecule has 0 aromatic carbocycles. The highest BCUT2D eigenvalue weighted by Crippen LogP contribution is 2.24. The van der Waals surface area contributed by atoms with E-state index in [1.807, 2.05) is 0 Å². The second kappa shape index (κ2) is 6.17. The molecule has 0 amide bonds. The van der Waals surface area contributed by atoms with Crippen LogP contribution in [0.4, 0.5) is 0 Å². The summed E-state index contributed by atoms with van der Waals surface area (Å²) in [7, 11) is 0. The molecule has 0 aromatic heterocycles. The van der Waals surface area contributed by atoms with E-state index in [9.17, 15) is 0 Å². The Bertz CT molecular complexity index is 226. The van der Waals surface area contributed by atoms with Crippen molar-refractivity contribution in [3.05, 3.63) is 0 Å². The summed E-state index contributed by atoms with van der Waals surface area (Å²) in [5, 5.41) is 3.57. The Labute approximate surface area is 106 Å². The van der Waals surface area contributed by atoms with E-state index in [0.29, 0.717) is 19.3 Å². The largest absolute Gasteiger partial charge is 0.378 e. The van der Waals surface area contributed by atoms with Crippen molar-refractivity contribution in [2.24, 2.45) is 10.8 Å². The van der Waals surface area contributed by atoms with Gasteiger partial charge in [-0.1, -0.05) is 27.7 Å². The molecule has 1 heterocycles. The summed E-state index contributed by atoms with van der Waals surface area (Å²) >= 11 is 0. The summed E-state index contributed by atoms with van der Waals surface area (Å²) in [4.78, 5) is 0.